The van der Waals surface area contributed by atoms with E-state index < -0.39 is 12.0 Å². The van der Waals surface area contributed by atoms with E-state index in [0.717, 1.165) is 29.7 Å². The van der Waals surface area contributed by atoms with Crippen molar-refractivity contribution in [3.8, 4) is 5.75 Å². The van der Waals surface area contributed by atoms with Gasteiger partial charge in [0.1, 0.15) is 18.4 Å². The molecule has 1 N–H and O–H groups in total. The van der Waals surface area contributed by atoms with Crippen LogP contribution < -0.4 is 10.1 Å². The second-order valence-electron chi connectivity index (χ2n) is 6.48. The van der Waals surface area contributed by atoms with Gasteiger partial charge in [0.05, 0.1) is 7.11 Å². The Hall–Kier alpha value is -2.82. The summed E-state index contributed by atoms with van der Waals surface area (Å²) in [6.45, 7) is 0.502. The van der Waals surface area contributed by atoms with Crippen molar-refractivity contribution in [1.82, 2.24) is 5.32 Å². The first-order chi connectivity index (χ1) is 12.7. The van der Waals surface area contributed by atoms with Gasteiger partial charge in [-0.05, 0) is 36.1 Å². The summed E-state index contributed by atoms with van der Waals surface area (Å²) in [5.41, 5.74) is 2.04. The Balaban J connectivity index is 1.57. The Morgan fingerprint density at radius 2 is 1.73 bits per heavy atom. The van der Waals surface area contributed by atoms with Crippen molar-refractivity contribution in [1.29, 1.82) is 0 Å². The van der Waals surface area contributed by atoms with Crippen molar-refractivity contribution in [2.45, 2.75) is 31.9 Å². The van der Waals surface area contributed by atoms with E-state index in [1.54, 1.807) is 0 Å². The van der Waals surface area contributed by atoms with E-state index in [-0.39, 0.29) is 11.8 Å². The fourth-order valence-electron chi connectivity index (χ4n) is 2.67. The number of hydrogen-bond donors (Lipinski definition) is 1. The topological polar surface area (TPSA) is 64.6 Å². The highest BCUT2D eigenvalue weighted by atomic mass is 16.5. The molecule has 1 aliphatic carbocycles. The zero-order valence-electron chi connectivity index (χ0n) is 14.8. The van der Waals surface area contributed by atoms with Gasteiger partial charge in [0.15, 0.2) is 0 Å². The van der Waals surface area contributed by atoms with Crippen molar-refractivity contribution < 1.29 is 19.1 Å². The van der Waals surface area contributed by atoms with Crippen LogP contribution in [0.1, 0.15) is 24.0 Å². The smallest absolute Gasteiger partial charge is 0.328 e. The molecule has 0 unspecified atom stereocenters. The molecule has 26 heavy (non-hydrogen) atoms. The molecule has 1 atom stereocenters. The number of benzene rings is 2. The van der Waals surface area contributed by atoms with Gasteiger partial charge in [0.2, 0.25) is 5.91 Å². The number of rotatable bonds is 8. The number of carbonyl (C=O) groups is 2. The predicted octanol–water partition coefficient (Wildman–Crippen LogP) is 2.88. The van der Waals surface area contributed by atoms with Gasteiger partial charge in [0.25, 0.3) is 0 Å². The third-order valence-electron chi connectivity index (χ3n) is 4.36. The van der Waals surface area contributed by atoms with Gasteiger partial charge >= 0.3 is 5.97 Å². The summed E-state index contributed by atoms with van der Waals surface area (Å²) in [5.74, 6) is 0.316. The van der Waals surface area contributed by atoms with Gasteiger partial charge in [0, 0.05) is 12.3 Å². The minimum atomic E-state index is -0.663. The quantitative estimate of drug-likeness (QED) is 0.741. The summed E-state index contributed by atoms with van der Waals surface area (Å²) in [6, 6.07) is 16.8. The van der Waals surface area contributed by atoms with Gasteiger partial charge in [-0.15, -0.1) is 0 Å². The van der Waals surface area contributed by atoms with Crippen LogP contribution in [0.4, 0.5) is 0 Å². The predicted molar refractivity (Wildman–Crippen MR) is 97.6 cm³/mol. The number of amides is 1. The van der Waals surface area contributed by atoms with Crippen LogP contribution in [0.15, 0.2) is 54.6 Å². The SMILES string of the molecule is COC(=O)[C@H](Cc1ccc(OCc2ccccc2)cc1)NC(=O)C1CC1. The normalized spacial score (nSPS) is 14.3. The maximum absolute atomic E-state index is 12.0. The number of methoxy groups -OCH3 is 1. The molecule has 0 aliphatic heterocycles. The summed E-state index contributed by atoms with van der Waals surface area (Å²) < 4.78 is 10.6. The van der Waals surface area contributed by atoms with E-state index >= 15 is 0 Å². The molecule has 0 saturated heterocycles. The molecule has 5 nitrogen and oxygen atoms in total. The second-order valence-corrected chi connectivity index (χ2v) is 6.48. The maximum atomic E-state index is 12.0. The second kappa shape index (κ2) is 8.52. The van der Waals surface area contributed by atoms with E-state index in [4.69, 9.17) is 9.47 Å². The van der Waals surface area contributed by atoms with Crippen LogP contribution in [-0.4, -0.2) is 25.0 Å². The minimum absolute atomic E-state index is 0.0518. The number of nitrogens with one attached hydrogen (secondary N) is 1. The summed E-state index contributed by atoms with van der Waals surface area (Å²) in [4.78, 5) is 23.9. The Bertz CT molecular complexity index is 738. The zero-order valence-corrected chi connectivity index (χ0v) is 14.8. The molecule has 1 aliphatic rings. The van der Waals surface area contributed by atoms with Crippen LogP contribution >= 0.6 is 0 Å². The summed E-state index contributed by atoms with van der Waals surface area (Å²) in [5, 5.41) is 2.79. The van der Waals surface area contributed by atoms with Crippen molar-refractivity contribution in [2.24, 2.45) is 5.92 Å². The Kier molecular flexibility index (Phi) is 5.89. The number of ether oxygens (including phenoxy) is 2. The standard InChI is InChI=1S/C21H23NO4/c1-25-21(24)19(22-20(23)17-9-10-17)13-15-7-11-18(12-8-15)26-14-16-5-3-2-4-6-16/h2-8,11-12,17,19H,9-10,13-14H2,1H3,(H,22,23)/t19-/m0/s1. The summed E-state index contributed by atoms with van der Waals surface area (Å²) in [6.07, 6.45) is 2.18. The molecule has 1 saturated carbocycles. The van der Waals surface area contributed by atoms with Crippen LogP contribution in [0.2, 0.25) is 0 Å². The molecule has 5 heteroatoms. The molecular weight excluding hydrogens is 330 g/mol. The van der Waals surface area contributed by atoms with E-state index in [1.165, 1.54) is 7.11 Å². The third kappa shape index (κ3) is 5.09. The van der Waals surface area contributed by atoms with Crippen LogP contribution in [-0.2, 0) is 27.4 Å². The lowest BCUT2D eigenvalue weighted by molar-refractivity contribution is -0.145. The fraction of sp³-hybridized carbons (Fsp3) is 0.333. The molecule has 1 amide bonds. The lowest BCUT2D eigenvalue weighted by Crippen LogP contribution is -2.43. The van der Waals surface area contributed by atoms with Crippen LogP contribution in [0.25, 0.3) is 0 Å². The molecule has 2 aromatic carbocycles. The molecule has 0 radical (unpaired) electrons. The lowest BCUT2D eigenvalue weighted by Gasteiger charge is -2.17. The largest absolute Gasteiger partial charge is 0.489 e. The first kappa shape index (κ1) is 18.0. The highest BCUT2D eigenvalue weighted by Crippen LogP contribution is 2.29. The van der Waals surface area contributed by atoms with E-state index in [0.29, 0.717) is 13.0 Å². The van der Waals surface area contributed by atoms with Crippen molar-refractivity contribution in [3.63, 3.8) is 0 Å². The Morgan fingerprint density at radius 3 is 2.35 bits per heavy atom. The zero-order chi connectivity index (χ0) is 18.4. The number of carbonyl (C=O) groups excluding carboxylic acids is 2. The number of hydrogen-bond acceptors (Lipinski definition) is 4. The molecule has 0 heterocycles. The van der Waals surface area contributed by atoms with Crippen LogP contribution in [0.5, 0.6) is 5.75 Å². The summed E-state index contributed by atoms with van der Waals surface area (Å²) in [7, 11) is 1.33. The summed E-state index contributed by atoms with van der Waals surface area (Å²) >= 11 is 0. The fourth-order valence-corrected chi connectivity index (χ4v) is 2.67. The maximum Gasteiger partial charge on any atom is 0.328 e. The number of esters is 1. The molecule has 0 bridgehead atoms. The monoisotopic (exact) mass is 353 g/mol. The lowest BCUT2D eigenvalue weighted by atomic mass is 10.1. The molecular formula is C21H23NO4. The van der Waals surface area contributed by atoms with Gasteiger partial charge in [-0.3, -0.25) is 4.79 Å². The van der Waals surface area contributed by atoms with Gasteiger partial charge in [-0.2, -0.15) is 0 Å². The molecule has 136 valence electrons. The van der Waals surface area contributed by atoms with E-state index in [1.807, 2.05) is 54.6 Å². The molecule has 0 spiro atoms. The van der Waals surface area contributed by atoms with E-state index in [2.05, 4.69) is 5.32 Å². The van der Waals surface area contributed by atoms with Crippen molar-refractivity contribution in [3.05, 3.63) is 65.7 Å². The van der Waals surface area contributed by atoms with Crippen LogP contribution in [0, 0.1) is 5.92 Å². The molecule has 3 rings (SSSR count). The minimum Gasteiger partial charge on any atom is -0.489 e. The van der Waals surface area contributed by atoms with Gasteiger partial charge in [-0.1, -0.05) is 42.5 Å². The van der Waals surface area contributed by atoms with Gasteiger partial charge < -0.3 is 14.8 Å². The average molecular weight is 353 g/mol. The van der Waals surface area contributed by atoms with Gasteiger partial charge in [-0.25, -0.2) is 4.79 Å². The molecule has 1 fully saturated rings. The first-order valence-corrected chi connectivity index (χ1v) is 8.79. The Morgan fingerprint density at radius 1 is 1.04 bits per heavy atom. The third-order valence-corrected chi connectivity index (χ3v) is 4.36. The highest BCUT2D eigenvalue weighted by Gasteiger charge is 2.32. The van der Waals surface area contributed by atoms with E-state index in [9.17, 15) is 9.59 Å². The van der Waals surface area contributed by atoms with Crippen molar-refractivity contribution >= 4 is 11.9 Å². The molecule has 2 aromatic rings. The first-order valence-electron chi connectivity index (χ1n) is 8.79. The van der Waals surface area contributed by atoms with Crippen LogP contribution in [0.3, 0.4) is 0 Å². The Labute approximate surface area is 153 Å². The highest BCUT2D eigenvalue weighted by molar-refractivity contribution is 5.87. The van der Waals surface area contributed by atoms with Crippen molar-refractivity contribution in [2.75, 3.05) is 7.11 Å². The molecule has 0 aromatic heterocycles. The average Bonchev–Trinajstić information content (AvgIpc) is 3.52.